The molecule has 0 aromatic heterocycles. The number of nitrogens with zero attached hydrogens (tertiary/aromatic N) is 1. The van der Waals surface area contributed by atoms with E-state index in [1.54, 1.807) is 0 Å². The van der Waals surface area contributed by atoms with Gasteiger partial charge < -0.3 is 28.3 Å². The van der Waals surface area contributed by atoms with Crippen LogP contribution < -0.4 is 4.74 Å². The summed E-state index contributed by atoms with van der Waals surface area (Å²) in [6, 6.07) is 7.84. The van der Waals surface area contributed by atoms with Gasteiger partial charge in [0.15, 0.2) is 0 Å². The molecule has 0 aliphatic rings. The van der Waals surface area contributed by atoms with E-state index in [9.17, 15) is 9.69 Å². The molecular formula is C29H52NO6P. The first-order valence-corrected chi connectivity index (χ1v) is 15.4. The normalized spacial score (nSPS) is 13.0. The first-order chi connectivity index (χ1) is 18.0. The molecule has 0 fully saturated rings. The van der Waals surface area contributed by atoms with Crippen LogP contribution in [0, 0.1) is 0 Å². The number of hydrogen-bond donors (Lipinski definition) is 1. The second-order valence-corrected chi connectivity index (χ2v) is 11.0. The molecule has 0 aliphatic carbocycles. The van der Waals surface area contributed by atoms with Gasteiger partial charge in [-0.05, 0) is 57.6 Å². The van der Waals surface area contributed by atoms with Gasteiger partial charge in [0.2, 0.25) is 0 Å². The van der Waals surface area contributed by atoms with Crippen LogP contribution in [-0.4, -0.2) is 62.8 Å². The zero-order valence-corrected chi connectivity index (χ0v) is 24.5. The molecule has 1 aromatic rings. The Kier molecular flexibility index (Phi) is 21.8. The van der Waals surface area contributed by atoms with E-state index in [1.807, 2.05) is 38.4 Å². The number of unbranched alkanes of at least 4 members (excludes halogenated alkanes) is 11. The van der Waals surface area contributed by atoms with Crippen molar-refractivity contribution in [2.45, 2.75) is 103 Å². The minimum atomic E-state index is -1.99. The summed E-state index contributed by atoms with van der Waals surface area (Å²) in [7, 11) is 2.06. The van der Waals surface area contributed by atoms with Crippen LogP contribution in [0.15, 0.2) is 24.3 Å². The van der Waals surface area contributed by atoms with Crippen molar-refractivity contribution in [1.29, 1.82) is 0 Å². The molecule has 7 nitrogen and oxygen atoms in total. The fourth-order valence-corrected chi connectivity index (χ4v) is 4.72. The quantitative estimate of drug-likeness (QED) is 0.0764. The van der Waals surface area contributed by atoms with Crippen molar-refractivity contribution in [2.24, 2.45) is 0 Å². The molecule has 37 heavy (non-hydrogen) atoms. The van der Waals surface area contributed by atoms with Crippen LogP contribution in [0.1, 0.15) is 96.0 Å². The van der Waals surface area contributed by atoms with Crippen LogP contribution in [-0.2, 0) is 25.0 Å². The van der Waals surface area contributed by atoms with Gasteiger partial charge in [-0.3, -0.25) is 4.79 Å². The highest BCUT2D eigenvalue weighted by molar-refractivity contribution is 7.40. The Morgan fingerprint density at radius 3 is 2.19 bits per heavy atom. The maximum absolute atomic E-state index is 11.0. The Bertz CT molecular complexity index is 663. The van der Waals surface area contributed by atoms with Crippen molar-refractivity contribution < 1.29 is 28.2 Å². The van der Waals surface area contributed by atoms with Gasteiger partial charge in [0.1, 0.15) is 11.9 Å². The van der Waals surface area contributed by atoms with E-state index in [0.29, 0.717) is 26.1 Å². The number of carbonyl (C=O) groups is 1. The van der Waals surface area contributed by atoms with E-state index in [0.717, 1.165) is 37.1 Å². The highest BCUT2D eigenvalue weighted by Crippen LogP contribution is 2.33. The lowest BCUT2D eigenvalue weighted by Crippen LogP contribution is -2.21. The predicted molar refractivity (Wildman–Crippen MR) is 152 cm³/mol. The first-order valence-electron chi connectivity index (χ1n) is 14.3. The third kappa shape index (κ3) is 20.4. The van der Waals surface area contributed by atoms with Gasteiger partial charge >= 0.3 is 8.60 Å². The second kappa shape index (κ2) is 23.8. The van der Waals surface area contributed by atoms with Crippen LogP contribution in [0.3, 0.4) is 0 Å². The molecule has 0 radical (unpaired) electrons. The van der Waals surface area contributed by atoms with Gasteiger partial charge in [-0.2, -0.15) is 0 Å². The minimum absolute atomic E-state index is 0.0719. The van der Waals surface area contributed by atoms with Gasteiger partial charge in [0.05, 0.1) is 19.8 Å². The summed E-state index contributed by atoms with van der Waals surface area (Å²) in [5.41, 5.74) is 0.985. The average Bonchev–Trinajstić information content (AvgIpc) is 2.88. The van der Waals surface area contributed by atoms with Crippen LogP contribution in [0.25, 0.3) is 0 Å². The lowest BCUT2D eigenvalue weighted by Gasteiger charge is -2.18. The third-order valence-corrected chi connectivity index (χ3v) is 6.97. The number of ether oxygens (including phenoxy) is 2. The van der Waals surface area contributed by atoms with E-state index >= 15 is 0 Å². The van der Waals surface area contributed by atoms with Gasteiger partial charge in [0.25, 0.3) is 6.47 Å². The Hall–Kier alpha value is -1.24. The minimum Gasteiger partial charge on any atom is -0.494 e. The second-order valence-electron chi connectivity index (χ2n) is 9.97. The zero-order valence-electron chi connectivity index (χ0n) is 23.6. The van der Waals surface area contributed by atoms with E-state index in [-0.39, 0.29) is 6.61 Å². The summed E-state index contributed by atoms with van der Waals surface area (Å²) in [4.78, 5) is 23.0. The smallest absolute Gasteiger partial charge is 0.329 e. The van der Waals surface area contributed by atoms with Crippen LogP contribution >= 0.6 is 8.60 Å². The third-order valence-electron chi connectivity index (χ3n) is 6.20. The van der Waals surface area contributed by atoms with Crippen LogP contribution in [0.5, 0.6) is 5.75 Å². The SMILES string of the molecule is CCCCCCCCCCCCCOc1cccc(CC(COP(O)OCCCCN(C)C)OC=O)c1. The molecule has 8 heteroatoms. The number of rotatable bonds is 26. The van der Waals surface area contributed by atoms with Crippen LogP contribution in [0.2, 0.25) is 0 Å². The summed E-state index contributed by atoms with van der Waals surface area (Å²) in [6.45, 7) is 4.88. The molecule has 0 aliphatic heterocycles. The fourth-order valence-electron chi connectivity index (χ4n) is 4.06. The molecule has 2 atom stereocenters. The molecule has 0 saturated heterocycles. The predicted octanol–water partition coefficient (Wildman–Crippen LogP) is 7.05. The van der Waals surface area contributed by atoms with Crippen LogP contribution in [0.4, 0.5) is 0 Å². The molecule has 1 aromatic carbocycles. The molecule has 0 saturated carbocycles. The number of benzene rings is 1. The standard InChI is InChI=1S/C29H52NO6P/c1-4-5-6-7-8-9-10-11-12-13-15-21-33-28-19-17-18-27(23-28)24-29(34-26-31)25-36-37(32)35-22-16-14-20-30(2)3/h17-19,23,26,29,32H,4-16,20-22,24-25H2,1-3H3. The lowest BCUT2D eigenvalue weighted by atomic mass is 10.1. The molecule has 0 heterocycles. The van der Waals surface area contributed by atoms with Crippen molar-refractivity contribution in [3.05, 3.63) is 29.8 Å². The molecule has 1 rings (SSSR count). The van der Waals surface area contributed by atoms with E-state index in [4.69, 9.17) is 18.5 Å². The highest BCUT2D eigenvalue weighted by atomic mass is 31.2. The van der Waals surface area contributed by atoms with Crippen molar-refractivity contribution in [1.82, 2.24) is 4.90 Å². The summed E-state index contributed by atoms with van der Waals surface area (Å²) < 4.78 is 21.9. The van der Waals surface area contributed by atoms with E-state index in [1.165, 1.54) is 64.2 Å². The maximum Gasteiger partial charge on any atom is 0.329 e. The van der Waals surface area contributed by atoms with Gasteiger partial charge in [-0.25, -0.2) is 0 Å². The van der Waals surface area contributed by atoms with E-state index in [2.05, 4.69) is 11.8 Å². The largest absolute Gasteiger partial charge is 0.494 e. The fraction of sp³-hybridized carbons (Fsp3) is 0.759. The average molecular weight is 542 g/mol. The van der Waals surface area contributed by atoms with E-state index < -0.39 is 14.7 Å². The molecule has 1 N–H and O–H groups in total. The molecular weight excluding hydrogens is 489 g/mol. The van der Waals surface area contributed by atoms with Crippen molar-refractivity contribution in [2.75, 3.05) is 40.5 Å². The molecule has 2 unspecified atom stereocenters. The summed E-state index contributed by atoms with van der Waals surface area (Å²) in [6.07, 6.45) is 16.2. The summed E-state index contributed by atoms with van der Waals surface area (Å²) >= 11 is 0. The molecule has 0 bridgehead atoms. The summed E-state index contributed by atoms with van der Waals surface area (Å²) in [5, 5.41) is 0. The Balaban J connectivity index is 2.21. The highest BCUT2D eigenvalue weighted by Gasteiger charge is 2.16. The maximum atomic E-state index is 11.0. The van der Waals surface area contributed by atoms with Crippen molar-refractivity contribution in [3.63, 3.8) is 0 Å². The van der Waals surface area contributed by atoms with Gasteiger partial charge in [-0.1, -0.05) is 83.3 Å². The molecule has 0 spiro atoms. The monoisotopic (exact) mass is 541 g/mol. The van der Waals surface area contributed by atoms with Crippen molar-refractivity contribution in [3.8, 4) is 5.75 Å². The Morgan fingerprint density at radius 2 is 1.54 bits per heavy atom. The first kappa shape index (κ1) is 33.8. The zero-order chi connectivity index (χ0) is 27.0. The Morgan fingerprint density at radius 1 is 0.892 bits per heavy atom. The van der Waals surface area contributed by atoms with Gasteiger partial charge in [-0.15, -0.1) is 0 Å². The summed E-state index contributed by atoms with van der Waals surface area (Å²) in [5.74, 6) is 0.820. The number of carbonyl (C=O) groups excluding carboxylic acids is 1. The topological polar surface area (TPSA) is 77.5 Å². The van der Waals surface area contributed by atoms with Crippen molar-refractivity contribution >= 4 is 15.1 Å². The number of hydrogen-bond acceptors (Lipinski definition) is 7. The molecule has 214 valence electrons. The van der Waals surface area contributed by atoms with Gasteiger partial charge in [0, 0.05) is 6.42 Å². The lowest BCUT2D eigenvalue weighted by molar-refractivity contribution is -0.135. The Labute approximate surface area is 227 Å². The molecule has 0 amide bonds.